The summed E-state index contributed by atoms with van der Waals surface area (Å²) in [5.41, 5.74) is 22.4. The van der Waals surface area contributed by atoms with Crippen molar-refractivity contribution in [1.29, 1.82) is 0 Å². The van der Waals surface area contributed by atoms with Crippen LogP contribution >= 0.6 is 0 Å². The molecule has 0 fully saturated rings. The minimum atomic E-state index is -0.116. The van der Waals surface area contributed by atoms with Crippen molar-refractivity contribution in [2.45, 2.75) is 77.0 Å². The van der Waals surface area contributed by atoms with Crippen LogP contribution in [0.5, 0.6) is 0 Å². The zero-order chi connectivity index (χ0) is 36.8. The molecule has 54 heavy (non-hydrogen) atoms. The molecule has 8 aromatic rings. The molecule has 0 aliphatic heterocycles. The first kappa shape index (κ1) is 30.9. The van der Waals surface area contributed by atoms with Crippen molar-refractivity contribution >= 4 is 32.3 Å². The summed E-state index contributed by atoms with van der Waals surface area (Å²) >= 11 is 0. The Morgan fingerprint density at radius 2 is 0.667 bits per heavy atom. The molecule has 0 nitrogen and oxygen atoms in total. The van der Waals surface area contributed by atoms with E-state index in [-0.39, 0.29) is 21.7 Å². The molecule has 0 saturated carbocycles. The smallest absolute Gasteiger partial charge is 0.0159 e. The summed E-state index contributed by atoms with van der Waals surface area (Å²) < 4.78 is 0. The van der Waals surface area contributed by atoms with E-state index in [0.29, 0.717) is 0 Å². The quantitative estimate of drug-likeness (QED) is 0.169. The molecule has 260 valence electrons. The molecule has 0 heteroatoms. The van der Waals surface area contributed by atoms with Gasteiger partial charge in [0, 0.05) is 21.7 Å². The largest absolute Gasteiger partial charge is 0.0616 e. The van der Waals surface area contributed by atoms with Gasteiger partial charge in [0.25, 0.3) is 0 Å². The number of hydrogen-bond donors (Lipinski definition) is 0. The van der Waals surface area contributed by atoms with E-state index in [1.165, 1.54) is 121 Å². The first-order valence-corrected chi connectivity index (χ1v) is 19.9. The standard InChI is InChI=1S/C54H44/c1-51(2)37-17-11-13-29-19-23-39-49(45(29)37)47-41(51)25-31(27-43(47)53(39,5)6)33-21-22-34(36-16-10-9-15-35(33)36)32-26-42-48-44(28-32)54(7,8)40-24-20-30-14-12-18-38(52(42,3)4)46(30)50(40)48/h9-28H,1-8H3. The van der Waals surface area contributed by atoms with Crippen molar-refractivity contribution in [1.82, 2.24) is 0 Å². The Morgan fingerprint density at radius 1 is 0.296 bits per heavy atom. The van der Waals surface area contributed by atoms with Crippen LogP contribution in [0.15, 0.2) is 121 Å². The van der Waals surface area contributed by atoms with E-state index in [9.17, 15) is 0 Å². The van der Waals surface area contributed by atoms with Gasteiger partial charge >= 0.3 is 0 Å². The van der Waals surface area contributed by atoms with Crippen LogP contribution in [-0.4, -0.2) is 0 Å². The number of benzene rings is 8. The fourth-order valence-electron chi connectivity index (χ4n) is 11.8. The van der Waals surface area contributed by atoms with Crippen LogP contribution in [-0.2, 0) is 21.7 Å². The lowest BCUT2D eigenvalue weighted by Crippen LogP contribution is -2.24. The van der Waals surface area contributed by atoms with Crippen molar-refractivity contribution in [3.05, 3.63) is 166 Å². The molecule has 0 radical (unpaired) electrons. The molecule has 4 aliphatic carbocycles. The molecule has 0 saturated heterocycles. The second kappa shape index (κ2) is 9.42. The van der Waals surface area contributed by atoms with Gasteiger partial charge in [-0.1, -0.05) is 152 Å². The van der Waals surface area contributed by atoms with Gasteiger partial charge in [0.05, 0.1) is 0 Å². The van der Waals surface area contributed by atoms with Crippen LogP contribution in [0, 0.1) is 0 Å². The van der Waals surface area contributed by atoms with Crippen LogP contribution < -0.4 is 0 Å². The van der Waals surface area contributed by atoms with E-state index in [4.69, 9.17) is 0 Å². The fraction of sp³-hybridized carbons (Fsp3) is 0.222. The maximum atomic E-state index is 2.54. The Hall–Kier alpha value is -5.46. The normalized spacial score (nSPS) is 17.9. The van der Waals surface area contributed by atoms with Gasteiger partial charge in [0.2, 0.25) is 0 Å². The zero-order valence-electron chi connectivity index (χ0n) is 32.5. The minimum absolute atomic E-state index is 0.0833. The molecule has 0 amide bonds. The monoisotopic (exact) mass is 692 g/mol. The molecule has 0 bridgehead atoms. The van der Waals surface area contributed by atoms with Crippen molar-refractivity contribution in [3.63, 3.8) is 0 Å². The van der Waals surface area contributed by atoms with E-state index in [1.807, 2.05) is 0 Å². The van der Waals surface area contributed by atoms with E-state index in [1.54, 1.807) is 0 Å². The van der Waals surface area contributed by atoms with Gasteiger partial charge in [-0.15, -0.1) is 0 Å². The van der Waals surface area contributed by atoms with E-state index in [0.717, 1.165) is 0 Å². The molecule has 0 heterocycles. The lowest BCUT2D eigenvalue weighted by atomic mass is 9.67. The first-order valence-electron chi connectivity index (χ1n) is 19.9. The summed E-state index contributed by atoms with van der Waals surface area (Å²) in [6.07, 6.45) is 0. The fourth-order valence-corrected chi connectivity index (χ4v) is 11.8. The van der Waals surface area contributed by atoms with Gasteiger partial charge in [0.15, 0.2) is 0 Å². The van der Waals surface area contributed by atoms with Crippen LogP contribution in [0.1, 0.15) is 99.9 Å². The third-order valence-electron chi connectivity index (χ3n) is 14.8. The lowest BCUT2D eigenvalue weighted by molar-refractivity contribution is 0.639. The Kier molecular flexibility index (Phi) is 5.40. The summed E-state index contributed by atoms with van der Waals surface area (Å²) in [7, 11) is 0. The minimum Gasteiger partial charge on any atom is -0.0616 e. The van der Waals surface area contributed by atoms with Gasteiger partial charge in [0.1, 0.15) is 0 Å². The molecule has 0 spiro atoms. The summed E-state index contributed by atoms with van der Waals surface area (Å²) in [6, 6.07) is 47.5. The summed E-state index contributed by atoms with van der Waals surface area (Å²) in [4.78, 5) is 0. The summed E-state index contributed by atoms with van der Waals surface area (Å²) in [5.74, 6) is 0. The van der Waals surface area contributed by atoms with Crippen LogP contribution in [0.3, 0.4) is 0 Å². The Labute approximate surface area is 318 Å². The molecule has 0 unspecified atom stereocenters. The van der Waals surface area contributed by atoms with Crippen LogP contribution in [0.2, 0.25) is 0 Å². The van der Waals surface area contributed by atoms with Crippen LogP contribution in [0.25, 0.3) is 76.8 Å². The third kappa shape index (κ3) is 3.40. The molecule has 0 N–H and O–H groups in total. The number of rotatable bonds is 2. The summed E-state index contributed by atoms with van der Waals surface area (Å²) in [5, 5.41) is 8.25. The van der Waals surface area contributed by atoms with Crippen molar-refractivity contribution < 1.29 is 0 Å². The highest BCUT2D eigenvalue weighted by Gasteiger charge is 2.46. The second-order valence-corrected chi connectivity index (χ2v) is 18.9. The average Bonchev–Trinajstić information content (AvgIpc) is 3.54. The topological polar surface area (TPSA) is 0 Å². The molecular formula is C54H44. The Balaban J connectivity index is 1.10. The van der Waals surface area contributed by atoms with Gasteiger partial charge in [-0.3, -0.25) is 0 Å². The maximum Gasteiger partial charge on any atom is 0.0159 e. The second-order valence-electron chi connectivity index (χ2n) is 18.9. The maximum absolute atomic E-state index is 2.54. The van der Waals surface area contributed by atoms with Crippen molar-refractivity contribution in [2.75, 3.05) is 0 Å². The zero-order valence-corrected chi connectivity index (χ0v) is 32.5. The SMILES string of the molecule is CC1(C)c2cc(-c3ccc(-c4cc5c6c(c4)C(C)(C)c4cccc7ccc(c-6c47)C5(C)C)c4ccccc34)cc3c2-c2c1ccc1cccc(c21)C3(C)C. The first-order chi connectivity index (χ1) is 25.8. The van der Waals surface area contributed by atoms with Gasteiger partial charge in [-0.05, 0) is 146 Å². The predicted molar refractivity (Wildman–Crippen MR) is 229 cm³/mol. The van der Waals surface area contributed by atoms with Gasteiger partial charge < -0.3 is 0 Å². The molecular weight excluding hydrogens is 649 g/mol. The number of hydrogen-bond acceptors (Lipinski definition) is 0. The molecule has 4 aliphatic rings. The molecule has 0 aromatic heterocycles. The third-order valence-corrected chi connectivity index (χ3v) is 14.8. The molecule has 12 rings (SSSR count). The van der Waals surface area contributed by atoms with E-state index in [2.05, 4.69) is 177 Å². The lowest BCUT2D eigenvalue weighted by Gasteiger charge is -2.35. The van der Waals surface area contributed by atoms with E-state index < -0.39 is 0 Å². The van der Waals surface area contributed by atoms with Crippen LogP contribution in [0.4, 0.5) is 0 Å². The molecule has 8 aromatic carbocycles. The van der Waals surface area contributed by atoms with Gasteiger partial charge in [-0.2, -0.15) is 0 Å². The Bertz CT molecular complexity index is 2880. The van der Waals surface area contributed by atoms with E-state index >= 15 is 0 Å². The number of fused-ring (bicyclic) bond motifs is 1. The van der Waals surface area contributed by atoms with Crippen molar-refractivity contribution in [2.24, 2.45) is 0 Å². The highest BCUT2D eigenvalue weighted by Crippen LogP contribution is 2.62. The van der Waals surface area contributed by atoms with Crippen molar-refractivity contribution in [3.8, 4) is 44.5 Å². The summed E-state index contributed by atoms with van der Waals surface area (Å²) in [6.45, 7) is 19.5. The highest BCUT2D eigenvalue weighted by atomic mass is 14.5. The predicted octanol–water partition coefficient (Wildman–Crippen LogP) is 14.4. The average molecular weight is 693 g/mol. The van der Waals surface area contributed by atoms with Gasteiger partial charge in [-0.25, -0.2) is 0 Å². The Morgan fingerprint density at radius 3 is 1.06 bits per heavy atom. The highest BCUT2D eigenvalue weighted by molar-refractivity contribution is 6.12. The molecule has 0 atom stereocenters.